The molecule has 3 rings (SSSR count). The zero-order chi connectivity index (χ0) is 14.8. The van der Waals surface area contributed by atoms with E-state index >= 15 is 0 Å². The third-order valence-corrected chi connectivity index (χ3v) is 3.53. The number of fused-ring (bicyclic) bond motifs is 1. The summed E-state index contributed by atoms with van der Waals surface area (Å²) < 4.78 is 7.05. The number of pyridine rings is 1. The molecule has 1 amide bonds. The molecule has 0 saturated carbocycles. The van der Waals surface area contributed by atoms with Crippen LogP contribution in [-0.2, 0) is 9.53 Å². The van der Waals surface area contributed by atoms with Crippen LogP contribution in [0.3, 0.4) is 0 Å². The van der Waals surface area contributed by atoms with E-state index in [0.29, 0.717) is 18.7 Å². The summed E-state index contributed by atoms with van der Waals surface area (Å²) in [4.78, 5) is 29.2. The fraction of sp³-hybridized carbons (Fsp3) is 0.357. The lowest BCUT2D eigenvalue weighted by molar-refractivity contribution is -0.139. The minimum absolute atomic E-state index is 0.112. The molecule has 7 nitrogen and oxygen atoms in total. The van der Waals surface area contributed by atoms with E-state index in [0.717, 1.165) is 5.65 Å². The first-order valence-electron chi connectivity index (χ1n) is 6.68. The van der Waals surface area contributed by atoms with Crippen molar-refractivity contribution in [1.29, 1.82) is 0 Å². The number of amides is 1. The van der Waals surface area contributed by atoms with Gasteiger partial charge >= 0.3 is 5.97 Å². The van der Waals surface area contributed by atoms with Crippen LogP contribution in [0.4, 0.5) is 0 Å². The van der Waals surface area contributed by atoms with Crippen LogP contribution in [0.1, 0.15) is 16.8 Å². The molecule has 3 heterocycles. The van der Waals surface area contributed by atoms with E-state index in [1.807, 2.05) is 0 Å². The molecule has 0 spiro atoms. The summed E-state index contributed by atoms with van der Waals surface area (Å²) in [7, 11) is 0. The van der Waals surface area contributed by atoms with Crippen LogP contribution in [0.2, 0.25) is 0 Å². The predicted molar refractivity (Wildman–Crippen MR) is 73.1 cm³/mol. The maximum Gasteiger partial charge on any atom is 0.305 e. The van der Waals surface area contributed by atoms with Crippen LogP contribution in [0, 0.1) is 0 Å². The fourth-order valence-corrected chi connectivity index (χ4v) is 2.51. The van der Waals surface area contributed by atoms with Gasteiger partial charge < -0.3 is 19.1 Å². The SMILES string of the molecule is O=C(O)CC1COCCN1C(=O)c1ccc2nccn2c1. The second kappa shape index (κ2) is 5.53. The fourth-order valence-electron chi connectivity index (χ4n) is 2.51. The molecule has 1 N–H and O–H groups in total. The molecule has 1 aliphatic rings. The molecule has 0 aliphatic carbocycles. The standard InChI is InChI=1S/C14H15N3O4/c18-13(19)7-11-9-21-6-5-17(11)14(20)10-1-2-12-15-3-4-16(12)8-10/h1-4,8,11H,5-7,9H2,(H,18,19). The van der Waals surface area contributed by atoms with Crippen molar-refractivity contribution in [3.8, 4) is 0 Å². The molecule has 0 radical (unpaired) electrons. The van der Waals surface area contributed by atoms with E-state index in [1.54, 1.807) is 40.0 Å². The summed E-state index contributed by atoms with van der Waals surface area (Å²) >= 11 is 0. The van der Waals surface area contributed by atoms with Crippen LogP contribution in [0.5, 0.6) is 0 Å². The van der Waals surface area contributed by atoms with Gasteiger partial charge in [0.05, 0.1) is 31.2 Å². The molecular weight excluding hydrogens is 274 g/mol. The van der Waals surface area contributed by atoms with Crippen molar-refractivity contribution >= 4 is 17.5 Å². The second-order valence-corrected chi connectivity index (χ2v) is 4.94. The molecule has 21 heavy (non-hydrogen) atoms. The molecule has 1 unspecified atom stereocenters. The Kier molecular flexibility index (Phi) is 3.57. The Morgan fingerprint density at radius 1 is 1.43 bits per heavy atom. The maximum atomic E-state index is 12.6. The topological polar surface area (TPSA) is 84.1 Å². The Morgan fingerprint density at radius 2 is 2.29 bits per heavy atom. The molecule has 1 fully saturated rings. The van der Waals surface area contributed by atoms with E-state index in [-0.39, 0.29) is 18.9 Å². The van der Waals surface area contributed by atoms with Gasteiger partial charge in [-0.15, -0.1) is 0 Å². The minimum atomic E-state index is -0.937. The number of carbonyl (C=O) groups is 2. The summed E-state index contributed by atoms with van der Waals surface area (Å²) in [6.07, 6.45) is 5.02. The summed E-state index contributed by atoms with van der Waals surface area (Å²) in [6, 6.07) is 3.04. The van der Waals surface area contributed by atoms with Gasteiger partial charge in [0.15, 0.2) is 0 Å². The van der Waals surface area contributed by atoms with Crippen molar-refractivity contribution in [1.82, 2.24) is 14.3 Å². The highest BCUT2D eigenvalue weighted by Gasteiger charge is 2.29. The van der Waals surface area contributed by atoms with Gasteiger partial charge in [0.2, 0.25) is 0 Å². The highest BCUT2D eigenvalue weighted by Crippen LogP contribution is 2.16. The third kappa shape index (κ3) is 2.73. The zero-order valence-electron chi connectivity index (χ0n) is 11.3. The van der Waals surface area contributed by atoms with Gasteiger partial charge in [-0.2, -0.15) is 0 Å². The molecule has 1 aliphatic heterocycles. The number of hydrogen-bond donors (Lipinski definition) is 1. The first-order chi connectivity index (χ1) is 10.1. The molecule has 1 saturated heterocycles. The van der Waals surface area contributed by atoms with E-state index in [2.05, 4.69) is 4.98 Å². The average molecular weight is 289 g/mol. The van der Waals surface area contributed by atoms with Crippen LogP contribution in [0.15, 0.2) is 30.7 Å². The molecule has 2 aromatic heterocycles. The quantitative estimate of drug-likeness (QED) is 0.897. The first-order valence-corrected chi connectivity index (χ1v) is 6.68. The summed E-state index contributed by atoms with van der Waals surface area (Å²) in [5.74, 6) is -1.12. The van der Waals surface area contributed by atoms with E-state index in [4.69, 9.17) is 9.84 Å². The lowest BCUT2D eigenvalue weighted by Gasteiger charge is -2.34. The number of hydrogen-bond acceptors (Lipinski definition) is 4. The minimum Gasteiger partial charge on any atom is -0.481 e. The monoisotopic (exact) mass is 289 g/mol. The van der Waals surface area contributed by atoms with Crippen LogP contribution >= 0.6 is 0 Å². The van der Waals surface area contributed by atoms with Gasteiger partial charge in [0.1, 0.15) is 5.65 Å². The number of imidazole rings is 1. The van der Waals surface area contributed by atoms with Crippen molar-refractivity contribution in [3.63, 3.8) is 0 Å². The third-order valence-electron chi connectivity index (χ3n) is 3.53. The molecule has 0 aromatic carbocycles. The van der Waals surface area contributed by atoms with Gasteiger partial charge in [0.25, 0.3) is 5.91 Å². The van der Waals surface area contributed by atoms with Crippen molar-refractivity contribution in [2.75, 3.05) is 19.8 Å². The van der Waals surface area contributed by atoms with E-state index in [1.165, 1.54) is 0 Å². The first kappa shape index (κ1) is 13.6. The summed E-state index contributed by atoms with van der Waals surface area (Å²) in [5.41, 5.74) is 1.27. The number of carboxylic acid groups (broad SMARTS) is 1. The predicted octanol–water partition coefficient (Wildman–Crippen LogP) is 0.650. The van der Waals surface area contributed by atoms with Gasteiger partial charge in [0, 0.05) is 25.1 Å². The number of morpholine rings is 1. The Bertz CT molecular complexity index is 682. The normalized spacial score (nSPS) is 18.9. The van der Waals surface area contributed by atoms with Crippen LogP contribution in [0.25, 0.3) is 5.65 Å². The molecule has 1 atom stereocenters. The van der Waals surface area contributed by atoms with Gasteiger partial charge in [-0.3, -0.25) is 9.59 Å². The van der Waals surface area contributed by atoms with Crippen molar-refractivity contribution in [3.05, 3.63) is 36.3 Å². The maximum absolute atomic E-state index is 12.6. The van der Waals surface area contributed by atoms with Gasteiger partial charge in [-0.1, -0.05) is 0 Å². The Labute approximate surface area is 120 Å². The number of aromatic nitrogens is 2. The van der Waals surface area contributed by atoms with Crippen LogP contribution < -0.4 is 0 Å². The molecule has 0 bridgehead atoms. The van der Waals surface area contributed by atoms with E-state index < -0.39 is 12.0 Å². The van der Waals surface area contributed by atoms with Crippen molar-refractivity contribution < 1.29 is 19.4 Å². The van der Waals surface area contributed by atoms with Gasteiger partial charge in [-0.25, -0.2) is 4.98 Å². The lowest BCUT2D eigenvalue weighted by Crippen LogP contribution is -2.49. The Balaban J connectivity index is 1.85. The van der Waals surface area contributed by atoms with E-state index in [9.17, 15) is 9.59 Å². The number of rotatable bonds is 3. The highest BCUT2D eigenvalue weighted by molar-refractivity contribution is 5.94. The molecule has 2 aromatic rings. The molecular formula is C14H15N3O4. The summed E-state index contributed by atoms with van der Waals surface area (Å²) in [6.45, 7) is 1.08. The summed E-state index contributed by atoms with van der Waals surface area (Å²) in [5, 5.41) is 8.94. The van der Waals surface area contributed by atoms with Crippen LogP contribution in [-0.4, -0.2) is 57.1 Å². The molecule has 7 heteroatoms. The highest BCUT2D eigenvalue weighted by atomic mass is 16.5. The number of carboxylic acids is 1. The number of carbonyl (C=O) groups excluding carboxylic acids is 1. The smallest absolute Gasteiger partial charge is 0.305 e. The van der Waals surface area contributed by atoms with Crippen molar-refractivity contribution in [2.24, 2.45) is 0 Å². The molecule has 110 valence electrons. The largest absolute Gasteiger partial charge is 0.481 e. The Morgan fingerprint density at radius 3 is 3.10 bits per heavy atom. The van der Waals surface area contributed by atoms with Gasteiger partial charge in [-0.05, 0) is 12.1 Å². The lowest BCUT2D eigenvalue weighted by atomic mass is 10.1. The average Bonchev–Trinajstić information content (AvgIpc) is 2.94. The van der Waals surface area contributed by atoms with Crippen molar-refractivity contribution in [2.45, 2.75) is 12.5 Å². The second-order valence-electron chi connectivity index (χ2n) is 4.94. The number of nitrogens with zero attached hydrogens (tertiary/aromatic N) is 3. The number of ether oxygens (including phenoxy) is 1. The zero-order valence-corrected chi connectivity index (χ0v) is 11.3. The Hall–Kier alpha value is -2.41. The number of aliphatic carboxylic acids is 1.